The summed E-state index contributed by atoms with van der Waals surface area (Å²) >= 11 is 3.34. The molecular formula is C13H14N4S2. The Labute approximate surface area is 119 Å². The number of nitrogens with zero attached hydrogens (tertiary/aromatic N) is 3. The van der Waals surface area contributed by atoms with Crippen LogP contribution in [0.2, 0.25) is 0 Å². The van der Waals surface area contributed by atoms with Crippen LogP contribution >= 0.6 is 22.7 Å². The predicted molar refractivity (Wildman–Crippen MR) is 80.9 cm³/mol. The summed E-state index contributed by atoms with van der Waals surface area (Å²) < 4.78 is 0. The number of nitrogen functional groups attached to an aromatic ring is 1. The van der Waals surface area contributed by atoms with Crippen LogP contribution in [0.4, 0.5) is 5.82 Å². The average Bonchev–Trinajstić information content (AvgIpc) is 2.96. The molecule has 3 rings (SSSR count). The topological polar surface area (TPSA) is 64.7 Å². The maximum atomic E-state index is 6.02. The van der Waals surface area contributed by atoms with E-state index in [-0.39, 0.29) is 0 Å². The Kier molecular flexibility index (Phi) is 3.20. The molecular weight excluding hydrogens is 276 g/mol. The molecule has 4 nitrogen and oxygen atoms in total. The first-order valence-electron chi connectivity index (χ1n) is 6.11. The lowest BCUT2D eigenvalue weighted by atomic mass is 10.3. The minimum Gasteiger partial charge on any atom is -0.383 e. The molecule has 19 heavy (non-hydrogen) atoms. The summed E-state index contributed by atoms with van der Waals surface area (Å²) in [5.41, 5.74) is 7.03. The van der Waals surface area contributed by atoms with Gasteiger partial charge in [-0.05, 0) is 19.4 Å². The maximum Gasteiger partial charge on any atom is 0.138 e. The first kappa shape index (κ1) is 12.5. The third-order valence-corrected chi connectivity index (χ3v) is 4.87. The van der Waals surface area contributed by atoms with E-state index in [1.165, 1.54) is 4.88 Å². The monoisotopic (exact) mass is 290 g/mol. The lowest BCUT2D eigenvalue weighted by Crippen LogP contribution is -2.00. The van der Waals surface area contributed by atoms with Gasteiger partial charge in [-0.1, -0.05) is 6.92 Å². The zero-order chi connectivity index (χ0) is 13.4. The molecule has 0 aliphatic carbocycles. The molecule has 0 fully saturated rings. The van der Waals surface area contributed by atoms with Gasteiger partial charge in [0, 0.05) is 10.3 Å². The molecule has 0 spiro atoms. The number of thiophene rings is 1. The lowest BCUT2D eigenvalue weighted by Gasteiger charge is -2.00. The smallest absolute Gasteiger partial charge is 0.138 e. The number of thiazole rings is 1. The molecule has 0 radical (unpaired) electrons. The summed E-state index contributed by atoms with van der Waals surface area (Å²) in [6, 6.07) is 2.09. The fourth-order valence-electron chi connectivity index (χ4n) is 1.94. The van der Waals surface area contributed by atoms with E-state index in [1.807, 2.05) is 12.3 Å². The van der Waals surface area contributed by atoms with Gasteiger partial charge in [0.25, 0.3) is 0 Å². The molecule has 0 bridgehead atoms. The number of rotatable bonds is 3. The minimum absolute atomic E-state index is 0.572. The summed E-state index contributed by atoms with van der Waals surface area (Å²) in [5.74, 6) is 1.32. The van der Waals surface area contributed by atoms with E-state index in [2.05, 4.69) is 27.9 Å². The van der Waals surface area contributed by atoms with E-state index < -0.39 is 0 Å². The van der Waals surface area contributed by atoms with Crippen molar-refractivity contribution in [2.24, 2.45) is 0 Å². The molecule has 0 saturated carbocycles. The van der Waals surface area contributed by atoms with E-state index in [4.69, 9.17) is 5.73 Å². The van der Waals surface area contributed by atoms with Crippen LogP contribution in [0.1, 0.15) is 28.3 Å². The van der Waals surface area contributed by atoms with Crippen molar-refractivity contribution < 1.29 is 0 Å². The highest BCUT2D eigenvalue weighted by molar-refractivity contribution is 7.18. The Balaban J connectivity index is 2.00. The zero-order valence-corrected chi connectivity index (χ0v) is 12.4. The molecule has 98 valence electrons. The summed E-state index contributed by atoms with van der Waals surface area (Å²) in [6.45, 7) is 4.13. The Hall–Kier alpha value is -1.53. The van der Waals surface area contributed by atoms with Crippen molar-refractivity contribution >= 4 is 38.7 Å². The molecule has 3 aromatic heterocycles. The lowest BCUT2D eigenvalue weighted by molar-refractivity contribution is 0.966. The van der Waals surface area contributed by atoms with Crippen molar-refractivity contribution in [3.63, 3.8) is 0 Å². The Morgan fingerprint density at radius 2 is 2.11 bits per heavy atom. The van der Waals surface area contributed by atoms with Crippen molar-refractivity contribution in [2.75, 3.05) is 5.73 Å². The number of hydrogen-bond donors (Lipinski definition) is 1. The van der Waals surface area contributed by atoms with E-state index in [1.54, 1.807) is 22.7 Å². The van der Waals surface area contributed by atoms with E-state index in [0.717, 1.165) is 33.2 Å². The van der Waals surface area contributed by atoms with Gasteiger partial charge in [0.1, 0.15) is 16.5 Å². The highest BCUT2D eigenvalue weighted by atomic mass is 32.1. The molecule has 0 aliphatic rings. The molecule has 3 heterocycles. The fraction of sp³-hybridized carbons (Fsp3) is 0.308. The number of hydrogen-bond acceptors (Lipinski definition) is 6. The van der Waals surface area contributed by atoms with Gasteiger partial charge in [-0.3, -0.25) is 0 Å². The molecule has 6 heteroatoms. The number of nitrogens with two attached hydrogens (primary N) is 1. The summed E-state index contributed by atoms with van der Waals surface area (Å²) in [7, 11) is 0. The van der Waals surface area contributed by atoms with Crippen molar-refractivity contribution in [1.82, 2.24) is 15.0 Å². The van der Waals surface area contributed by atoms with Crippen LogP contribution in [0.5, 0.6) is 0 Å². The number of aryl methyl sites for hydroxylation is 2. The van der Waals surface area contributed by atoms with Gasteiger partial charge in [-0.2, -0.15) is 0 Å². The summed E-state index contributed by atoms with van der Waals surface area (Å²) in [5, 5.41) is 4.08. The molecule has 0 atom stereocenters. The Morgan fingerprint density at radius 3 is 2.79 bits per heavy atom. The van der Waals surface area contributed by atoms with Crippen molar-refractivity contribution in [2.45, 2.75) is 26.7 Å². The molecule has 0 unspecified atom stereocenters. The van der Waals surface area contributed by atoms with Gasteiger partial charge >= 0.3 is 0 Å². The predicted octanol–water partition coefficient (Wildman–Crippen LogP) is 3.19. The van der Waals surface area contributed by atoms with Crippen LogP contribution in [0.15, 0.2) is 11.4 Å². The van der Waals surface area contributed by atoms with Crippen molar-refractivity contribution in [1.29, 1.82) is 0 Å². The molecule has 0 aromatic carbocycles. The van der Waals surface area contributed by atoms with Gasteiger partial charge < -0.3 is 5.73 Å². The van der Waals surface area contributed by atoms with Crippen LogP contribution in [-0.2, 0) is 12.8 Å². The first-order valence-corrected chi connectivity index (χ1v) is 7.81. The quantitative estimate of drug-likeness (QED) is 0.804. The largest absolute Gasteiger partial charge is 0.383 e. The van der Waals surface area contributed by atoms with E-state index >= 15 is 0 Å². The standard InChI is InChI=1S/C13H14N4S2/c1-3-9-5-10-12(14)16-11(17-13(10)19-9)4-8-6-18-7(2)15-8/h5-6H,3-4H2,1-2H3,(H2,14,16,17). The number of anilines is 1. The molecule has 3 aromatic rings. The highest BCUT2D eigenvalue weighted by Gasteiger charge is 2.10. The van der Waals surface area contributed by atoms with Gasteiger partial charge in [0.05, 0.1) is 22.5 Å². The van der Waals surface area contributed by atoms with Crippen LogP contribution in [0.25, 0.3) is 10.2 Å². The average molecular weight is 290 g/mol. The van der Waals surface area contributed by atoms with Crippen LogP contribution in [0.3, 0.4) is 0 Å². The Morgan fingerprint density at radius 1 is 1.26 bits per heavy atom. The van der Waals surface area contributed by atoms with Gasteiger partial charge in [-0.25, -0.2) is 15.0 Å². The van der Waals surface area contributed by atoms with Crippen molar-refractivity contribution in [3.8, 4) is 0 Å². The number of fused-ring (bicyclic) bond motifs is 1. The van der Waals surface area contributed by atoms with Crippen LogP contribution in [0, 0.1) is 6.92 Å². The summed E-state index contributed by atoms with van der Waals surface area (Å²) in [4.78, 5) is 15.7. The minimum atomic E-state index is 0.572. The number of aromatic nitrogens is 3. The van der Waals surface area contributed by atoms with E-state index in [9.17, 15) is 0 Å². The Bertz CT molecular complexity index is 729. The van der Waals surface area contributed by atoms with Gasteiger partial charge in [-0.15, -0.1) is 22.7 Å². The van der Waals surface area contributed by atoms with Gasteiger partial charge in [0.2, 0.25) is 0 Å². The normalized spacial score (nSPS) is 11.3. The SMILES string of the molecule is CCc1cc2c(N)nc(Cc3csc(C)n3)nc2s1. The summed E-state index contributed by atoms with van der Waals surface area (Å²) in [6.07, 6.45) is 1.64. The zero-order valence-electron chi connectivity index (χ0n) is 10.8. The molecule has 0 aliphatic heterocycles. The van der Waals surface area contributed by atoms with Crippen molar-refractivity contribution in [3.05, 3.63) is 32.8 Å². The maximum absolute atomic E-state index is 6.02. The third kappa shape index (κ3) is 2.46. The second kappa shape index (κ2) is 4.86. The molecule has 0 saturated heterocycles. The first-order chi connectivity index (χ1) is 9.15. The second-order valence-electron chi connectivity index (χ2n) is 4.34. The van der Waals surface area contributed by atoms with E-state index in [0.29, 0.717) is 12.2 Å². The second-order valence-corrected chi connectivity index (χ2v) is 6.52. The van der Waals surface area contributed by atoms with Crippen LogP contribution < -0.4 is 5.73 Å². The van der Waals surface area contributed by atoms with Crippen LogP contribution in [-0.4, -0.2) is 15.0 Å². The fourth-order valence-corrected chi connectivity index (χ4v) is 3.55. The molecule has 0 amide bonds. The molecule has 2 N–H and O–H groups in total. The highest BCUT2D eigenvalue weighted by Crippen LogP contribution is 2.28. The van der Waals surface area contributed by atoms with Gasteiger partial charge in [0.15, 0.2) is 0 Å². The third-order valence-electron chi connectivity index (χ3n) is 2.87.